The lowest BCUT2D eigenvalue weighted by Gasteiger charge is -2.23. The zero-order valence-electron chi connectivity index (χ0n) is 15.2. The van der Waals surface area contributed by atoms with E-state index >= 15 is 0 Å². The van der Waals surface area contributed by atoms with Crippen molar-refractivity contribution in [2.45, 2.75) is 39.1 Å². The van der Waals surface area contributed by atoms with Crippen LogP contribution >= 0.6 is 0 Å². The third-order valence-electron chi connectivity index (χ3n) is 4.23. The fraction of sp³-hybridized carbons (Fsp3) is 0.333. The van der Waals surface area contributed by atoms with Crippen molar-refractivity contribution < 1.29 is 9.59 Å². The first-order chi connectivity index (χ1) is 13.0. The van der Waals surface area contributed by atoms with Gasteiger partial charge in [0.2, 0.25) is 0 Å². The number of nitrogens with two attached hydrogens (primary N) is 1. The van der Waals surface area contributed by atoms with Crippen LogP contribution < -0.4 is 27.0 Å². The summed E-state index contributed by atoms with van der Waals surface area (Å²) >= 11 is 0. The van der Waals surface area contributed by atoms with Crippen LogP contribution in [-0.2, 0) is 6.54 Å². The number of carbonyl (C=O) groups is 2. The third-order valence-corrected chi connectivity index (χ3v) is 4.23. The summed E-state index contributed by atoms with van der Waals surface area (Å²) < 4.78 is 0. The van der Waals surface area contributed by atoms with Crippen molar-refractivity contribution in [2.24, 2.45) is 5.73 Å². The molecule has 1 aliphatic heterocycles. The zero-order valence-corrected chi connectivity index (χ0v) is 15.2. The van der Waals surface area contributed by atoms with Gasteiger partial charge in [0.25, 0.3) is 11.8 Å². The van der Waals surface area contributed by atoms with Gasteiger partial charge in [-0.2, -0.15) is 0 Å². The minimum atomic E-state index is -0.667. The van der Waals surface area contributed by atoms with Crippen molar-refractivity contribution in [1.82, 2.24) is 20.6 Å². The van der Waals surface area contributed by atoms with E-state index < -0.39 is 6.29 Å². The molecule has 1 aromatic heterocycles. The molecule has 0 radical (unpaired) electrons. The lowest BCUT2D eigenvalue weighted by atomic mass is 10.1. The van der Waals surface area contributed by atoms with Crippen LogP contribution in [-0.4, -0.2) is 34.1 Å². The number of nitrogens with zero attached hydrogens (tertiary/aromatic N) is 2. The van der Waals surface area contributed by atoms with Crippen molar-refractivity contribution in [2.75, 3.05) is 10.6 Å². The Morgan fingerprint density at radius 3 is 2.74 bits per heavy atom. The Morgan fingerprint density at radius 1 is 1.30 bits per heavy atom. The molecular weight excluding hydrogens is 346 g/mol. The molecule has 2 aromatic rings. The highest BCUT2D eigenvalue weighted by atomic mass is 16.2. The second kappa shape index (κ2) is 8.00. The van der Waals surface area contributed by atoms with Crippen LogP contribution in [0, 0.1) is 0 Å². The van der Waals surface area contributed by atoms with E-state index in [-0.39, 0.29) is 23.6 Å². The van der Waals surface area contributed by atoms with Crippen LogP contribution in [0.4, 0.5) is 11.5 Å². The number of amides is 2. The molecule has 0 saturated heterocycles. The largest absolute Gasteiger partial charge is 0.379 e. The molecule has 2 amide bonds. The molecule has 0 saturated carbocycles. The van der Waals surface area contributed by atoms with Crippen LogP contribution in [0.25, 0.3) is 0 Å². The fourth-order valence-corrected chi connectivity index (χ4v) is 2.51. The monoisotopic (exact) mass is 369 g/mol. The Hall–Kier alpha value is -3.20. The van der Waals surface area contributed by atoms with Crippen molar-refractivity contribution in [1.29, 1.82) is 0 Å². The van der Waals surface area contributed by atoms with Gasteiger partial charge in [-0.1, -0.05) is 6.92 Å². The molecule has 2 atom stereocenters. The van der Waals surface area contributed by atoms with E-state index in [0.717, 1.165) is 12.1 Å². The molecule has 0 spiro atoms. The van der Waals surface area contributed by atoms with Gasteiger partial charge in [0, 0.05) is 17.3 Å². The molecule has 1 aliphatic rings. The summed E-state index contributed by atoms with van der Waals surface area (Å²) in [7, 11) is 0. The quantitative estimate of drug-likeness (QED) is 0.513. The average Bonchev–Trinajstić information content (AvgIpc) is 2.66. The van der Waals surface area contributed by atoms with Crippen LogP contribution in [0.1, 0.15) is 46.8 Å². The molecule has 0 fully saturated rings. The van der Waals surface area contributed by atoms with Gasteiger partial charge in [0.05, 0.1) is 18.4 Å². The second-order valence-electron chi connectivity index (χ2n) is 6.37. The van der Waals surface area contributed by atoms with Crippen molar-refractivity contribution in [3.05, 3.63) is 47.4 Å². The highest BCUT2D eigenvalue weighted by Crippen LogP contribution is 2.16. The maximum Gasteiger partial charge on any atom is 0.276 e. The Labute approximate surface area is 157 Å². The lowest BCUT2D eigenvalue weighted by Crippen LogP contribution is -2.51. The van der Waals surface area contributed by atoms with Gasteiger partial charge in [-0.3, -0.25) is 15.3 Å². The van der Waals surface area contributed by atoms with Crippen LogP contribution in [0.3, 0.4) is 0 Å². The second-order valence-corrected chi connectivity index (χ2v) is 6.37. The van der Waals surface area contributed by atoms with Gasteiger partial charge in [0.1, 0.15) is 0 Å². The summed E-state index contributed by atoms with van der Waals surface area (Å²) in [6.07, 6.45) is 1.80. The molecule has 6 N–H and O–H groups in total. The van der Waals surface area contributed by atoms with Gasteiger partial charge in [-0.05, 0) is 37.6 Å². The number of nitrogens with one attached hydrogen (secondary N) is 4. The number of rotatable bonds is 6. The van der Waals surface area contributed by atoms with E-state index in [1.54, 1.807) is 18.3 Å². The van der Waals surface area contributed by atoms with Crippen molar-refractivity contribution in [3.8, 4) is 0 Å². The molecule has 0 aliphatic carbocycles. The molecular formula is C18H23N7O2. The first-order valence-corrected chi connectivity index (χ1v) is 8.80. The number of hydrogen-bond acceptors (Lipinski definition) is 7. The summed E-state index contributed by atoms with van der Waals surface area (Å²) in [5, 5.41) is 11.5. The molecule has 2 heterocycles. The first-order valence-electron chi connectivity index (χ1n) is 8.80. The predicted molar refractivity (Wildman–Crippen MR) is 102 cm³/mol. The minimum absolute atomic E-state index is 0.0897. The number of hydrogen-bond donors (Lipinski definition) is 5. The van der Waals surface area contributed by atoms with Gasteiger partial charge >= 0.3 is 0 Å². The van der Waals surface area contributed by atoms with Crippen LogP contribution in [0.2, 0.25) is 0 Å². The molecule has 142 valence electrons. The zero-order chi connectivity index (χ0) is 19.4. The highest BCUT2D eigenvalue weighted by molar-refractivity contribution is 5.98. The Balaban J connectivity index is 1.61. The predicted octanol–water partition coefficient (Wildman–Crippen LogP) is 1.01. The molecule has 9 heteroatoms. The standard InChI is InChI=1S/C18H23N7O2/c1-3-10(2)22-16(26)11-4-6-12(7-5-11)20-8-13-9-21-15-14(23-13)17(27)25-18(19)24-15/h4-7,9-10,18,20H,3,8,19H2,1-2H3,(H,21,24)(H,22,26)(H,25,27). The maximum absolute atomic E-state index is 12.1. The van der Waals surface area contributed by atoms with E-state index in [2.05, 4.69) is 31.2 Å². The molecule has 27 heavy (non-hydrogen) atoms. The number of anilines is 2. The molecule has 1 aromatic carbocycles. The average molecular weight is 369 g/mol. The van der Waals surface area contributed by atoms with Gasteiger partial charge in [-0.15, -0.1) is 0 Å². The van der Waals surface area contributed by atoms with E-state index in [4.69, 9.17) is 5.73 Å². The molecule has 9 nitrogen and oxygen atoms in total. The van der Waals surface area contributed by atoms with Crippen LogP contribution in [0.5, 0.6) is 0 Å². The third kappa shape index (κ3) is 4.50. The first kappa shape index (κ1) is 18.6. The summed E-state index contributed by atoms with van der Waals surface area (Å²) in [5.41, 5.74) is 7.89. The van der Waals surface area contributed by atoms with Gasteiger partial charge in [0.15, 0.2) is 17.8 Å². The molecule has 0 bridgehead atoms. The number of carbonyl (C=O) groups excluding carboxylic acids is 2. The van der Waals surface area contributed by atoms with Crippen molar-refractivity contribution >= 4 is 23.3 Å². The van der Waals surface area contributed by atoms with Gasteiger partial charge < -0.3 is 21.3 Å². The topological polar surface area (TPSA) is 134 Å². The molecule has 2 unspecified atom stereocenters. The lowest BCUT2D eigenvalue weighted by molar-refractivity contribution is 0.0925. The van der Waals surface area contributed by atoms with Crippen molar-refractivity contribution in [3.63, 3.8) is 0 Å². The minimum Gasteiger partial charge on any atom is -0.379 e. The van der Waals surface area contributed by atoms with Gasteiger partial charge in [-0.25, -0.2) is 9.97 Å². The Morgan fingerprint density at radius 2 is 2.04 bits per heavy atom. The summed E-state index contributed by atoms with van der Waals surface area (Å²) in [5.74, 6) is -0.0814. The fourth-order valence-electron chi connectivity index (χ4n) is 2.51. The normalized spacial score (nSPS) is 16.6. The number of aromatic nitrogens is 2. The summed E-state index contributed by atoms with van der Waals surface area (Å²) in [4.78, 5) is 32.5. The highest BCUT2D eigenvalue weighted by Gasteiger charge is 2.24. The summed E-state index contributed by atoms with van der Waals surface area (Å²) in [6.45, 7) is 4.38. The summed E-state index contributed by atoms with van der Waals surface area (Å²) in [6, 6.07) is 7.31. The molecule has 3 rings (SSSR count). The Kier molecular flexibility index (Phi) is 5.51. The SMILES string of the molecule is CCC(C)NC(=O)c1ccc(NCc2cnc3c(n2)C(=O)NC(N)N3)cc1. The Bertz CT molecular complexity index is 838. The van der Waals surface area contributed by atoms with E-state index in [0.29, 0.717) is 23.6 Å². The van der Waals surface area contributed by atoms with E-state index in [1.807, 2.05) is 26.0 Å². The number of fused-ring (bicyclic) bond motifs is 1. The van der Waals surface area contributed by atoms with Crippen LogP contribution in [0.15, 0.2) is 30.5 Å². The maximum atomic E-state index is 12.1. The number of benzene rings is 1. The van der Waals surface area contributed by atoms with E-state index in [1.165, 1.54) is 0 Å². The smallest absolute Gasteiger partial charge is 0.276 e. The van der Waals surface area contributed by atoms with E-state index in [9.17, 15) is 9.59 Å².